The third kappa shape index (κ3) is 3.75. The average Bonchev–Trinajstić information content (AvgIpc) is 2.40. The van der Waals surface area contributed by atoms with Crippen molar-refractivity contribution >= 4 is 17.2 Å². The summed E-state index contributed by atoms with van der Waals surface area (Å²) in [6, 6.07) is 10.7. The van der Waals surface area contributed by atoms with Gasteiger partial charge in [0.05, 0.1) is 17.7 Å². The van der Waals surface area contributed by atoms with Crippen molar-refractivity contribution in [3.8, 4) is 0 Å². The number of hydrogen-bond donors (Lipinski definition) is 1. The van der Waals surface area contributed by atoms with Crippen molar-refractivity contribution in [3.05, 3.63) is 35.9 Å². The normalized spacial score (nSPS) is 26.0. The zero-order valence-electron chi connectivity index (χ0n) is 11.6. The van der Waals surface area contributed by atoms with Crippen LogP contribution in [0.5, 0.6) is 0 Å². The van der Waals surface area contributed by atoms with Crippen molar-refractivity contribution in [2.45, 2.75) is 31.9 Å². The highest BCUT2D eigenvalue weighted by molar-refractivity contribution is 7.80. The van der Waals surface area contributed by atoms with Crippen molar-refractivity contribution in [1.29, 1.82) is 0 Å². The lowest BCUT2D eigenvalue weighted by molar-refractivity contribution is -0.0494. The monoisotopic (exact) mass is 278 g/mol. The molecular weight excluding hydrogens is 256 g/mol. The standard InChI is InChI=1S/C15H22N2OS/c1-11-10-18-12(2)8-17(11)9-14(15(16)19)13-6-4-3-5-7-13/h3-7,11-12,14H,8-10H2,1-2H3,(H2,16,19). The van der Waals surface area contributed by atoms with E-state index in [2.05, 4.69) is 30.9 Å². The number of hydrogen-bond acceptors (Lipinski definition) is 3. The summed E-state index contributed by atoms with van der Waals surface area (Å²) in [6.45, 7) is 6.88. The van der Waals surface area contributed by atoms with Crippen LogP contribution in [0.1, 0.15) is 25.3 Å². The summed E-state index contributed by atoms with van der Waals surface area (Å²) < 4.78 is 5.66. The number of rotatable bonds is 4. The molecule has 0 amide bonds. The Balaban J connectivity index is 2.11. The first-order chi connectivity index (χ1) is 9.08. The molecule has 0 aromatic heterocycles. The molecule has 1 saturated heterocycles. The van der Waals surface area contributed by atoms with Gasteiger partial charge in [-0.3, -0.25) is 4.90 Å². The van der Waals surface area contributed by atoms with Crippen LogP contribution in [0.2, 0.25) is 0 Å². The molecule has 3 atom stereocenters. The van der Waals surface area contributed by atoms with Crippen LogP contribution in [0.15, 0.2) is 30.3 Å². The SMILES string of the molecule is CC1CN(CC(C(N)=S)c2ccccc2)C(C)CO1. The Morgan fingerprint density at radius 3 is 2.74 bits per heavy atom. The highest BCUT2D eigenvalue weighted by atomic mass is 32.1. The van der Waals surface area contributed by atoms with Gasteiger partial charge in [0.2, 0.25) is 0 Å². The maximum absolute atomic E-state index is 5.94. The van der Waals surface area contributed by atoms with Gasteiger partial charge >= 0.3 is 0 Å². The summed E-state index contributed by atoms with van der Waals surface area (Å²) in [5, 5.41) is 0. The smallest absolute Gasteiger partial charge is 0.0816 e. The minimum atomic E-state index is 0.115. The van der Waals surface area contributed by atoms with E-state index in [0.29, 0.717) is 11.0 Å². The molecule has 2 N–H and O–H groups in total. The molecule has 4 heteroatoms. The molecule has 1 aromatic carbocycles. The summed E-state index contributed by atoms with van der Waals surface area (Å²) in [7, 11) is 0. The minimum absolute atomic E-state index is 0.115. The van der Waals surface area contributed by atoms with Crippen LogP contribution < -0.4 is 5.73 Å². The summed E-state index contributed by atoms with van der Waals surface area (Å²) in [5.74, 6) is 0.115. The van der Waals surface area contributed by atoms with Gasteiger partial charge in [-0.05, 0) is 19.4 Å². The number of thiocarbonyl (C=S) groups is 1. The van der Waals surface area contributed by atoms with E-state index < -0.39 is 0 Å². The molecule has 0 aliphatic carbocycles. The van der Waals surface area contributed by atoms with Gasteiger partial charge in [-0.15, -0.1) is 0 Å². The maximum Gasteiger partial charge on any atom is 0.0816 e. The topological polar surface area (TPSA) is 38.5 Å². The fraction of sp³-hybridized carbons (Fsp3) is 0.533. The number of morpholine rings is 1. The van der Waals surface area contributed by atoms with Crippen molar-refractivity contribution in [1.82, 2.24) is 4.90 Å². The van der Waals surface area contributed by atoms with Crippen LogP contribution in [0.25, 0.3) is 0 Å². The van der Waals surface area contributed by atoms with E-state index in [9.17, 15) is 0 Å². The number of ether oxygens (including phenoxy) is 1. The van der Waals surface area contributed by atoms with E-state index in [1.54, 1.807) is 0 Å². The molecule has 1 heterocycles. The largest absolute Gasteiger partial charge is 0.393 e. The Bertz CT molecular complexity index is 423. The molecule has 0 bridgehead atoms. The first-order valence-electron chi connectivity index (χ1n) is 6.78. The maximum atomic E-state index is 5.94. The molecule has 3 nitrogen and oxygen atoms in total. The summed E-state index contributed by atoms with van der Waals surface area (Å²) in [6.07, 6.45) is 0.277. The molecule has 1 aliphatic heterocycles. The van der Waals surface area contributed by atoms with E-state index in [1.807, 2.05) is 18.2 Å². The fourth-order valence-electron chi connectivity index (χ4n) is 2.51. The van der Waals surface area contributed by atoms with Crippen LogP contribution in [0.4, 0.5) is 0 Å². The molecule has 104 valence electrons. The van der Waals surface area contributed by atoms with Crippen LogP contribution in [-0.2, 0) is 4.74 Å². The molecular formula is C15H22N2OS. The van der Waals surface area contributed by atoms with Gasteiger partial charge in [-0.25, -0.2) is 0 Å². The van der Waals surface area contributed by atoms with Gasteiger partial charge in [0.1, 0.15) is 0 Å². The van der Waals surface area contributed by atoms with Gasteiger partial charge in [0.25, 0.3) is 0 Å². The number of benzene rings is 1. The Morgan fingerprint density at radius 1 is 1.42 bits per heavy atom. The van der Waals surface area contributed by atoms with Crippen molar-refractivity contribution < 1.29 is 4.74 Å². The molecule has 1 fully saturated rings. The van der Waals surface area contributed by atoms with E-state index in [1.165, 1.54) is 5.56 Å². The Labute approximate surface area is 120 Å². The zero-order valence-corrected chi connectivity index (χ0v) is 12.4. The lowest BCUT2D eigenvalue weighted by atomic mass is 9.97. The van der Waals surface area contributed by atoms with Crippen molar-refractivity contribution in [3.63, 3.8) is 0 Å². The first-order valence-corrected chi connectivity index (χ1v) is 7.18. The van der Waals surface area contributed by atoms with E-state index in [4.69, 9.17) is 22.7 Å². The third-order valence-electron chi connectivity index (χ3n) is 3.70. The Hall–Kier alpha value is -0.970. The van der Waals surface area contributed by atoms with Crippen molar-refractivity contribution in [2.24, 2.45) is 5.73 Å². The van der Waals surface area contributed by atoms with Crippen LogP contribution in [0.3, 0.4) is 0 Å². The Morgan fingerprint density at radius 2 is 2.11 bits per heavy atom. The molecule has 0 spiro atoms. The molecule has 0 radical (unpaired) electrons. The quantitative estimate of drug-likeness (QED) is 0.857. The molecule has 3 unspecified atom stereocenters. The molecule has 19 heavy (non-hydrogen) atoms. The molecule has 1 aromatic rings. The first kappa shape index (κ1) is 14.4. The second kappa shape index (κ2) is 6.46. The summed E-state index contributed by atoms with van der Waals surface area (Å²) in [5.41, 5.74) is 7.14. The van der Waals surface area contributed by atoms with E-state index >= 15 is 0 Å². The van der Waals surface area contributed by atoms with Gasteiger partial charge in [0.15, 0.2) is 0 Å². The lowest BCUT2D eigenvalue weighted by Crippen LogP contribution is -2.49. The number of nitrogens with two attached hydrogens (primary N) is 1. The minimum Gasteiger partial charge on any atom is -0.393 e. The van der Waals surface area contributed by atoms with Crippen molar-refractivity contribution in [2.75, 3.05) is 19.7 Å². The van der Waals surface area contributed by atoms with Gasteiger partial charge < -0.3 is 10.5 Å². The van der Waals surface area contributed by atoms with Crippen LogP contribution >= 0.6 is 12.2 Å². The fourth-order valence-corrected chi connectivity index (χ4v) is 2.72. The highest BCUT2D eigenvalue weighted by Crippen LogP contribution is 2.21. The predicted octanol–water partition coefficient (Wildman–Crippen LogP) is 2.17. The zero-order chi connectivity index (χ0) is 13.8. The second-order valence-corrected chi connectivity index (χ2v) is 5.78. The Kier molecular flexibility index (Phi) is 4.91. The highest BCUT2D eigenvalue weighted by Gasteiger charge is 2.27. The molecule has 1 aliphatic rings. The third-order valence-corrected chi connectivity index (χ3v) is 3.98. The predicted molar refractivity (Wildman–Crippen MR) is 82.4 cm³/mol. The summed E-state index contributed by atoms with van der Waals surface area (Å²) in [4.78, 5) is 2.99. The van der Waals surface area contributed by atoms with E-state index in [0.717, 1.165) is 19.7 Å². The summed E-state index contributed by atoms with van der Waals surface area (Å²) >= 11 is 5.26. The average molecular weight is 278 g/mol. The lowest BCUT2D eigenvalue weighted by Gasteiger charge is -2.38. The van der Waals surface area contributed by atoms with Crippen LogP contribution in [-0.4, -0.2) is 41.7 Å². The molecule has 2 rings (SSSR count). The second-order valence-electron chi connectivity index (χ2n) is 5.31. The van der Waals surface area contributed by atoms with Crippen LogP contribution in [0, 0.1) is 0 Å². The number of nitrogens with zero attached hydrogens (tertiary/aromatic N) is 1. The van der Waals surface area contributed by atoms with Gasteiger partial charge in [-0.1, -0.05) is 42.5 Å². The van der Waals surface area contributed by atoms with Gasteiger partial charge in [0, 0.05) is 25.0 Å². The van der Waals surface area contributed by atoms with Gasteiger partial charge in [-0.2, -0.15) is 0 Å². The van der Waals surface area contributed by atoms with E-state index in [-0.39, 0.29) is 12.0 Å². The molecule has 0 saturated carbocycles.